The summed E-state index contributed by atoms with van der Waals surface area (Å²) in [5, 5.41) is 9.51. The highest BCUT2D eigenvalue weighted by Gasteiger charge is 2.49. The zero-order chi connectivity index (χ0) is 19.7. The molecule has 2 atom stereocenters. The molecule has 1 aromatic carbocycles. The largest absolute Gasteiger partial charge is 0.480 e. The molecule has 146 valence electrons. The average molecular weight is 390 g/mol. The second-order valence-electron chi connectivity index (χ2n) is 7.75. The third kappa shape index (κ3) is 3.87. The second-order valence-corrected chi connectivity index (χ2v) is 10.0. The first kappa shape index (κ1) is 19.8. The summed E-state index contributed by atoms with van der Waals surface area (Å²) in [6.45, 7) is 3.26. The first-order valence-electron chi connectivity index (χ1n) is 9.44. The van der Waals surface area contributed by atoms with Gasteiger partial charge in [-0.1, -0.05) is 61.1 Å². The van der Waals surface area contributed by atoms with Crippen molar-refractivity contribution in [1.29, 1.82) is 0 Å². The number of carbonyl (C=O) groups is 1. The lowest BCUT2D eigenvalue weighted by molar-refractivity contribution is -0.146. The van der Waals surface area contributed by atoms with Crippen molar-refractivity contribution >= 4 is 16.0 Å². The lowest BCUT2D eigenvalue weighted by atomic mass is 9.69. The van der Waals surface area contributed by atoms with E-state index in [-0.39, 0.29) is 17.9 Å². The molecule has 2 N–H and O–H groups in total. The number of benzene rings is 1. The smallest absolute Gasteiger partial charge is 0.317 e. The number of aliphatic carboxylic acids is 1. The van der Waals surface area contributed by atoms with E-state index in [1.807, 2.05) is 42.5 Å². The quantitative estimate of drug-likeness (QED) is 0.730. The molecule has 0 saturated heterocycles. The number of hydrogen-bond donors (Lipinski definition) is 2. The first-order chi connectivity index (χ1) is 12.8. The molecule has 0 heterocycles. The van der Waals surface area contributed by atoms with E-state index in [1.165, 1.54) is 0 Å². The van der Waals surface area contributed by atoms with E-state index in [1.54, 1.807) is 26.0 Å². The minimum atomic E-state index is -3.45. The lowest BCUT2D eigenvalue weighted by Gasteiger charge is -2.36. The van der Waals surface area contributed by atoms with E-state index in [2.05, 4.69) is 4.72 Å². The molecular weight excluding hydrogens is 362 g/mol. The lowest BCUT2D eigenvalue weighted by Crippen LogP contribution is -2.48. The molecule has 27 heavy (non-hydrogen) atoms. The molecule has 2 aliphatic carbocycles. The van der Waals surface area contributed by atoms with Gasteiger partial charge in [-0.25, -0.2) is 13.1 Å². The van der Waals surface area contributed by atoms with E-state index in [9.17, 15) is 18.3 Å². The van der Waals surface area contributed by atoms with Crippen LogP contribution in [-0.2, 0) is 14.8 Å². The van der Waals surface area contributed by atoms with Gasteiger partial charge in [0.2, 0.25) is 10.0 Å². The Balaban J connectivity index is 1.88. The number of allylic oxidation sites excluding steroid dienone is 2. The van der Waals surface area contributed by atoms with Crippen LogP contribution in [0.5, 0.6) is 0 Å². The average Bonchev–Trinajstić information content (AvgIpc) is 3.10. The van der Waals surface area contributed by atoms with Gasteiger partial charge in [-0.2, -0.15) is 0 Å². The molecule has 1 fully saturated rings. The van der Waals surface area contributed by atoms with E-state index in [4.69, 9.17) is 0 Å². The molecule has 0 aliphatic heterocycles. The maximum absolute atomic E-state index is 12.3. The first-order valence-corrected chi connectivity index (χ1v) is 11.0. The maximum atomic E-state index is 12.3. The Morgan fingerprint density at radius 3 is 2.33 bits per heavy atom. The molecule has 3 rings (SSSR count). The van der Waals surface area contributed by atoms with Crippen molar-refractivity contribution in [3.8, 4) is 0 Å². The summed E-state index contributed by atoms with van der Waals surface area (Å²) in [5.74, 6) is -1.19. The van der Waals surface area contributed by atoms with Crippen LogP contribution in [0.1, 0.15) is 44.6 Å². The summed E-state index contributed by atoms with van der Waals surface area (Å²) in [6.07, 6.45) is 9.54. The Morgan fingerprint density at radius 1 is 1.15 bits per heavy atom. The van der Waals surface area contributed by atoms with Crippen LogP contribution in [-0.4, -0.2) is 30.8 Å². The molecule has 0 spiro atoms. The highest BCUT2D eigenvalue weighted by Crippen LogP contribution is 2.46. The van der Waals surface area contributed by atoms with Crippen LogP contribution in [0.15, 0.2) is 54.6 Å². The molecule has 0 radical (unpaired) electrons. The number of carboxylic acid groups (broad SMARTS) is 1. The van der Waals surface area contributed by atoms with Crippen LogP contribution in [0.4, 0.5) is 0 Å². The van der Waals surface area contributed by atoms with Gasteiger partial charge in [0, 0.05) is 12.0 Å². The highest BCUT2D eigenvalue weighted by molar-refractivity contribution is 7.90. The minimum absolute atomic E-state index is 0.0332. The number of rotatable bonds is 6. The second kappa shape index (κ2) is 7.60. The molecule has 0 amide bonds. The topological polar surface area (TPSA) is 83.5 Å². The van der Waals surface area contributed by atoms with Crippen LogP contribution in [0.2, 0.25) is 0 Å². The Bertz CT molecular complexity index is 828. The number of sulfonamides is 1. The predicted octanol–water partition coefficient (Wildman–Crippen LogP) is 3.46. The molecule has 1 aromatic rings. The van der Waals surface area contributed by atoms with Crippen LogP contribution in [0.3, 0.4) is 0 Å². The molecule has 6 heteroatoms. The molecule has 1 saturated carbocycles. The van der Waals surface area contributed by atoms with E-state index < -0.39 is 26.7 Å². The van der Waals surface area contributed by atoms with Crippen molar-refractivity contribution in [1.82, 2.24) is 4.72 Å². The van der Waals surface area contributed by atoms with Crippen molar-refractivity contribution < 1.29 is 18.3 Å². The van der Waals surface area contributed by atoms with Gasteiger partial charge in [0.1, 0.15) is 5.41 Å². The molecule has 5 nitrogen and oxygen atoms in total. The number of nitrogens with one attached hydrogen (secondary N) is 1. The van der Waals surface area contributed by atoms with Crippen LogP contribution < -0.4 is 4.72 Å². The van der Waals surface area contributed by atoms with Gasteiger partial charge in [0.15, 0.2) is 0 Å². The maximum Gasteiger partial charge on any atom is 0.317 e. The number of hydrogen-bond acceptors (Lipinski definition) is 3. The Labute approximate surface area is 161 Å². The van der Waals surface area contributed by atoms with Crippen molar-refractivity contribution in [2.45, 2.75) is 50.3 Å². The zero-order valence-corrected chi connectivity index (χ0v) is 16.5. The van der Waals surface area contributed by atoms with Gasteiger partial charge in [-0.3, -0.25) is 4.79 Å². The zero-order valence-electron chi connectivity index (χ0n) is 15.7. The summed E-state index contributed by atoms with van der Waals surface area (Å²) in [5.41, 5.74) is -0.0705. The third-order valence-corrected chi connectivity index (χ3v) is 7.65. The highest BCUT2D eigenvalue weighted by atomic mass is 32.2. The SMILES string of the molecule is CC(C)S(=O)(=O)NC1CCCC1C1(C(=O)O)C=CC(c2ccccc2)C=C1. The van der Waals surface area contributed by atoms with Gasteiger partial charge < -0.3 is 5.11 Å². The molecule has 2 aliphatic rings. The predicted molar refractivity (Wildman–Crippen MR) is 106 cm³/mol. The van der Waals surface area contributed by atoms with Crippen molar-refractivity contribution in [3.63, 3.8) is 0 Å². The fourth-order valence-corrected chi connectivity index (χ4v) is 5.09. The Kier molecular flexibility index (Phi) is 5.58. The molecule has 0 bridgehead atoms. The molecular formula is C21H27NO4S. The fourth-order valence-electron chi connectivity index (χ4n) is 4.11. The van der Waals surface area contributed by atoms with Crippen molar-refractivity contribution in [2.75, 3.05) is 0 Å². The van der Waals surface area contributed by atoms with Gasteiger partial charge in [-0.05, 0) is 38.2 Å². The van der Waals surface area contributed by atoms with Crippen LogP contribution >= 0.6 is 0 Å². The van der Waals surface area contributed by atoms with Crippen LogP contribution in [0, 0.1) is 11.3 Å². The summed E-state index contributed by atoms with van der Waals surface area (Å²) >= 11 is 0. The van der Waals surface area contributed by atoms with Gasteiger partial charge in [-0.15, -0.1) is 0 Å². The summed E-state index contributed by atoms with van der Waals surface area (Å²) in [7, 11) is -3.45. The minimum Gasteiger partial charge on any atom is -0.480 e. The van der Waals surface area contributed by atoms with E-state index in [0.717, 1.165) is 12.0 Å². The fraction of sp³-hybridized carbons (Fsp3) is 0.476. The van der Waals surface area contributed by atoms with Crippen molar-refractivity contribution in [3.05, 3.63) is 60.2 Å². The van der Waals surface area contributed by atoms with E-state index >= 15 is 0 Å². The normalized spacial score (nSPS) is 30.7. The number of carboxylic acids is 1. The molecule has 0 aromatic heterocycles. The third-order valence-electron chi connectivity index (χ3n) is 5.78. The molecule has 2 unspecified atom stereocenters. The summed E-state index contributed by atoms with van der Waals surface area (Å²) in [4.78, 5) is 12.3. The Hall–Kier alpha value is -1.92. The standard InChI is InChI=1S/C21H27NO4S/c1-15(2)27(25,26)22-19-10-6-9-18(19)21(20(23)24)13-11-17(12-14-21)16-7-4-3-5-8-16/h3-5,7-8,11-15,17-19,22H,6,9-10H2,1-2H3,(H,23,24). The van der Waals surface area contributed by atoms with Crippen molar-refractivity contribution in [2.24, 2.45) is 11.3 Å². The van der Waals surface area contributed by atoms with E-state index in [0.29, 0.717) is 12.8 Å². The monoisotopic (exact) mass is 389 g/mol. The van der Waals surface area contributed by atoms with Gasteiger partial charge in [0.25, 0.3) is 0 Å². The van der Waals surface area contributed by atoms with Gasteiger partial charge in [0.05, 0.1) is 5.25 Å². The summed E-state index contributed by atoms with van der Waals surface area (Å²) in [6, 6.07) is 9.54. The summed E-state index contributed by atoms with van der Waals surface area (Å²) < 4.78 is 27.4. The Morgan fingerprint density at radius 2 is 1.78 bits per heavy atom. The van der Waals surface area contributed by atoms with Gasteiger partial charge >= 0.3 is 5.97 Å². The van der Waals surface area contributed by atoms with Crippen LogP contribution in [0.25, 0.3) is 0 Å².